The zero-order valence-electron chi connectivity index (χ0n) is 17.3. The molecule has 0 aromatic carbocycles. The molecule has 0 unspecified atom stereocenters. The van der Waals surface area contributed by atoms with Crippen LogP contribution >= 0.6 is 0 Å². The highest BCUT2D eigenvalue weighted by Gasteiger charge is 2.19. The maximum Gasteiger partial charge on any atom is 0.266 e. The summed E-state index contributed by atoms with van der Waals surface area (Å²) in [7, 11) is 3.95. The Bertz CT molecular complexity index is 1030. The van der Waals surface area contributed by atoms with Gasteiger partial charge in [0.05, 0.1) is 12.2 Å². The zero-order valence-corrected chi connectivity index (χ0v) is 17.3. The van der Waals surface area contributed by atoms with E-state index in [1.807, 2.05) is 37.2 Å². The molecule has 4 heterocycles. The Morgan fingerprint density at radius 1 is 0.933 bits per heavy atom. The van der Waals surface area contributed by atoms with Crippen molar-refractivity contribution in [1.82, 2.24) is 29.6 Å². The molecule has 4 rings (SSSR count). The summed E-state index contributed by atoms with van der Waals surface area (Å²) in [6, 6.07) is 9.03. The van der Waals surface area contributed by atoms with E-state index in [9.17, 15) is 4.79 Å². The molecule has 0 saturated carbocycles. The number of hydrogen-bond donors (Lipinski definition) is 0. The van der Waals surface area contributed by atoms with Crippen molar-refractivity contribution in [1.29, 1.82) is 0 Å². The molecule has 0 spiro atoms. The summed E-state index contributed by atoms with van der Waals surface area (Å²) in [6.45, 7) is 4.85. The van der Waals surface area contributed by atoms with Gasteiger partial charge in [-0.25, -0.2) is 9.67 Å². The van der Waals surface area contributed by atoms with Gasteiger partial charge in [0, 0.05) is 77.0 Å². The first kappa shape index (κ1) is 20.0. The largest absolute Gasteiger partial charge is 0.363 e. The van der Waals surface area contributed by atoms with Crippen molar-refractivity contribution in [3.05, 3.63) is 59.3 Å². The predicted octanol–water partition coefficient (Wildman–Crippen LogP) is 0.983. The van der Waals surface area contributed by atoms with Gasteiger partial charge < -0.3 is 9.80 Å². The van der Waals surface area contributed by atoms with Crippen LogP contribution in [0.5, 0.6) is 0 Å². The fourth-order valence-corrected chi connectivity index (χ4v) is 3.43. The van der Waals surface area contributed by atoms with E-state index < -0.39 is 0 Å². The van der Waals surface area contributed by atoms with E-state index in [1.165, 1.54) is 0 Å². The Hall–Kier alpha value is -3.33. The first-order valence-electron chi connectivity index (χ1n) is 10.1. The topological polar surface area (TPSA) is 83.3 Å². The molecule has 0 bridgehead atoms. The first-order chi connectivity index (χ1) is 14.6. The smallest absolute Gasteiger partial charge is 0.266 e. The molecular weight excluding hydrogens is 380 g/mol. The molecule has 9 nitrogen and oxygen atoms in total. The fourth-order valence-electron chi connectivity index (χ4n) is 3.43. The molecule has 30 heavy (non-hydrogen) atoms. The lowest BCUT2D eigenvalue weighted by molar-refractivity contribution is 0.242. The summed E-state index contributed by atoms with van der Waals surface area (Å²) in [4.78, 5) is 31.9. The zero-order chi connectivity index (χ0) is 20.9. The number of anilines is 2. The molecule has 0 radical (unpaired) electrons. The van der Waals surface area contributed by atoms with Crippen LogP contribution in [0.25, 0.3) is 11.3 Å². The van der Waals surface area contributed by atoms with Crippen LogP contribution in [0, 0.1) is 0 Å². The number of aromatic nitrogens is 5. The van der Waals surface area contributed by atoms with Crippen LogP contribution in [0.4, 0.5) is 11.8 Å². The lowest BCUT2D eigenvalue weighted by Gasteiger charge is -2.34. The highest BCUT2D eigenvalue weighted by molar-refractivity contribution is 5.57. The van der Waals surface area contributed by atoms with Crippen LogP contribution in [-0.2, 0) is 6.54 Å². The number of hydrogen-bond acceptors (Lipinski definition) is 8. The highest BCUT2D eigenvalue weighted by atomic mass is 16.1. The summed E-state index contributed by atoms with van der Waals surface area (Å²) in [5.74, 6) is 1.67. The Labute approximate surface area is 175 Å². The van der Waals surface area contributed by atoms with E-state index in [4.69, 9.17) is 0 Å². The van der Waals surface area contributed by atoms with Gasteiger partial charge >= 0.3 is 0 Å². The lowest BCUT2D eigenvalue weighted by atomic mass is 10.2. The third-order valence-corrected chi connectivity index (χ3v) is 5.21. The molecule has 0 N–H and O–H groups in total. The Morgan fingerprint density at radius 3 is 2.43 bits per heavy atom. The molecule has 1 aliphatic rings. The molecule has 3 aromatic rings. The van der Waals surface area contributed by atoms with E-state index in [2.05, 4.69) is 29.9 Å². The van der Waals surface area contributed by atoms with Gasteiger partial charge in [-0.05, 0) is 24.3 Å². The van der Waals surface area contributed by atoms with E-state index in [0.717, 1.165) is 55.7 Å². The van der Waals surface area contributed by atoms with E-state index >= 15 is 0 Å². The van der Waals surface area contributed by atoms with Crippen LogP contribution in [0.15, 0.2) is 53.7 Å². The van der Waals surface area contributed by atoms with Crippen molar-refractivity contribution in [2.24, 2.45) is 0 Å². The average molecular weight is 406 g/mol. The van der Waals surface area contributed by atoms with Crippen LogP contribution in [0.3, 0.4) is 0 Å². The van der Waals surface area contributed by atoms with Gasteiger partial charge in [-0.15, -0.1) is 0 Å². The average Bonchev–Trinajstić information content (AvgIpc) is 2.79. The molecule has 1 fully saturated rings. The van der Waals surface area contributed by atoms with E-state index in [-0.39, 0.29) is 5.56 Å². The third kappa shape index (κ3) is 4.62. The number of piperazine rings is 1. The van der Waals surface area contributed by atoms with Gasteiger partial charge in [0.25, 0.3) is 5.56 Å². The summed E-state index contributed by atoms with van der Waals surface area (Å²) in [6.07, 6.45) is 5.26. The molecule has 3 aromatic heterocycles. The molecule has 156 valence electrons. The lowest BCUT2D eigenvalue weighted by Crippen LogP contribution is -2.48. The molecule has 9 heteroatoms. The Morgan fingerprint density at radius 2 is 1.70 bits per heavy atom. The van der Waals surface area contributed by atoms with Crippen molar-refractivity contribution in [3.63, 3.8) is 0 Å². The summed E-state index contributed by atoms with van der Waals surface area (Å²) in [5, 5.41) is 4.53. The number of nitrogens with zero attached hydrogens (tertiary/aromatic N) is 8. The Kier molecular flexibility index (Phi) is 5.99. The van der Waals surface area contributed by atoms with E-state index in [1.54, 1.807) is 35.4 Å². The van der Waals surface area contributed by atoms with Crippen LogP contribution < -0.4 is 15.4 Å². The minimum atomic E-state index is -0.0830. The summed E-state index contributed by atoms with van der Waals surface area (Å²) in [5.41, 5.74) is 1.65. The van der Waals surface area contributed by atoms with Crippen LogP contribution in [0.2, 0.25) is 0 Å². The molecular formula is C21H26N8O. The van der Waals surface area contributed by atoms with E-state index in [0.29, 0.717) is 6.54 Å². The van der Waals surface area contributed by atoms with Crippen molar-refractivity contribution >= 4 is 11.8 Å². The van der Waals surface area contributed by atoms with Gasteiger partial charge in [0.2, 0.25) is 5.95 Å². The second-order valence-electron chi connectivity index (χ2n) is 7.45. The highest BCUT2D eigenvalue weighted by Crippen LogP contribution is 2.15. The van der Waals surface area contributed by atoms with Crippen LogP contribution in [0.1, 0.15) is 0 Å². The van der Waals surface area contributed by atoms with Crippen molar-refractivity contribution < 1.29 is 0 Å². The second kappa shape index (κ2) is 9.00. The first-order valence-corrected chi connectivity index (χ1v) is 10.1. The fraction of sp³-hybridized carbons (Fsp3) is 0.381. The molecule has 0 aliphatic carbocycles. The minimum absolute atomic E-state index is 0.0830. The van der Waals surface area contributed by atoms with Crippen molar-refractivity contribution in [2.75, 3.05) is 56.6 Å². The van der Waals surface area contributed by atoms with Crippen LogP contribution in [-0.4, -0.2) is 76.5 Å². The Balaban J connectivity index is 1.35. The number of pyridine rings is 1. The minimum Gasteiger partial charge on any atom is -0.363 e. The maximum absolute atomic E-state index is 12.2. The SMILES string of the molecule is CN(C)c1ccnc(N2CCN(CCn3nc(-c4ccncc4)ccc3=O)CC2)n1. The van der Waals surface area contributed by atoms with Crippen molar-refractivity contribution in [2.45, 2.75) is 6.54 Å². The summed E-state index contributed by atoms with van der Waals surface area (Å²) < 4.78 is 1.55. The van der Waals surface area contributed by atoms with Gasteiger partial charge in [-0.2, -0.15) is 10.1 Å². The monoisotopic (exact) mass is 406 g/mol. The predicted molar refractivity (Wildman–Crippen MR) is 117 cm³/mol. The van der Waals surface area contributed by atoms with Gasteiger partial charge in [-0.3, -0.25) is 14.7 Å². The molecule has 0 amide bonds. The molecule has 1 saturated heterocycles. The third-order valence-electron chi connectivity index (χ3n) is 5.21. The molecule has 1 aliphatic heterocycles. The van der Waals surface area contributed by atoms with Crippen molar-refractivity contribution in [3.8, 4) is 11.3 Å². The quantitative estimate of drug-likeness (QED) is 0.599. The standard InChI is InChI=1S/C21H26N8O/c1-26(2)19-7-10-23-21(24-19)28-14-11-27(12-15-28)13-16-29-20(30)4-3-18(25-29)17-5-8-22-9-6-17/h3-10H,11-16H2,1-2H3. The van der Waals surface area contributed by atoms with Gasteiger partial charge in [0.1, 0.15) is 5.82 Å². The second-order valence-corrected chi connectivity index (χ2v) is 7.45. The van der Waals surface area contributed by atoms with Gasteiger partial charge in [0.15, 0.2) is 0 Å². The number of rotatable bonds is 6. The normalized spacial score (nSPS) is 14.7. The molecule has 0 atom stereocenters. The van der Waals surface area contributed by atoms with Gasteiger partial charge in [-0.1, -0.05) is 0 Å². The maximum atomic E-state index is 12.2. The summed E-state index contributed by atoms with van der Waals surface area (Å²) >= 11 is 0.